The van der Waals surface area contributed by atoms with Gasteiger partial charge in [0, 0.05) is 0 Å². The van der Waals surface area contributed by atoms with Gasteiger partial charge in [0.05, 0.1) is 25.0 Å². The van der Waals surface area contributed by atoms with Crippen LogP contribution in [0.15, 0.2) is 11.8 Å². The van der Waals surface area contributed by atoms with Gasteiger partial charge in [-0.1, -0.05) is 0 Å². The van der Waals surface area contributed by atoms with Crippen LogP contribution in [0.3, 0.4) is 0 Å². The van der Waals surface area contributed by atoms with E-state index in [-0.39, 0.29) is 5.78 Å². The Balaban J connectivity index is 2.10. The summed E-state index contributed by atoms with van der Waals surface area (Å²) in [5, 5.41) is 0. The van der Waals surface area contributed by atoms with Gasteiger partial charge in [0.2, 0.25) is 0 Å². The minimum atomic E-state index is -0.469. The monoisotopic (exact) mass is 196 g/mol. The van der Waals surface area contributed by atoms with E-state index in [9.17, 15) is 4.79 Å². The lowest BCUT2D eigenvalue weighted by atomic mass is 9.95. The molecule has 78 valence electrons. The molecule has 0 aromatic heterocycles. The highest BCUT2D eigenvalue weighted by Gasteiger charge is 2.48. The van der Waals surface area contributed by atoms with Gasteiger partial charge in [-0.3, -0.25) is 4.79 Å². The Hall–Kier alpha value is -0.830. The highest BCUT2D eigenvalue weighted by atomic mass is 16.5. The van der Waals surface area contributed by atoms with E-state index in [1.807, 2.05) is 6.92 Å². The fraction of sp³-hybridized carbons (Fsp3) is 0.727. The van der Waals surface area contributed by atoms with Gasteiger partial charge in [0.1, 0.15) is 5.60 Å². The molecule has 3 nitrogen and oxygen atoms in total. The quantitative estimate of drug-likeness (QED) is 0.499. The van der Waals surface area contributed by atoms with Crippen molar-refractivity contribution in [3.8, 4) is 0 Å². The van der Waals surface area contributed by atoms with Crippen LogP contribution in [0.2, 0.25) is 0 Å². The fourth-order valence-corrected chi connectivity index (χ4v) is 2.23. The molecular formula is C11H16O3. The fourth-order valence-electron chi connectivity index (χ4n) is 2.23. The van der Waals surface area contributed by atoms with Gasteiger partial charge in [0.25, 0.3) is 0 Å². The van der Waals surface area contributed by atoms with Crippen LogP contribution in [0.25, 0.3) is 0 Å². The van der Waals surface area contributed by atoms with Crippen molar-refractivity contribution in [1.29, 1.82) is 0 Å². The Bertz CT molecular complexity index is 262. The topological polar surface area (TPSA) is 35.5 Å². The highest BCUT2D eigenvalue weighted by molar-refractivity contribution is 6.03. The summed E-state index contributed by atoms with van der Waals surface area (Å²) in [6, 6.07) is 0. The Morgan fingerprint density at radius 1 is 1.50 bits per heavy atom. The molecule has 1 aliphatic heterocycles. The number of Topliss-reactive ketones (excluding diaryl/α,β-unsaturated/α-hetero) is 1. The van der Waals surface area contributed by atoms with Crippen molar-refractivity contribution in [3.63, 3.8) is 0 Å². The summed E-state index contributed by atoms with van der Waals surface area (Å²) in [6.07, 6.45) is 5.54. The van der Waals surface area contributed by atoms with Crippen molar-refractivity contribution < 1.29 is 14.3 Å². The summed E-state index contributed by atoms with van der Waals surface area (Å²) < 4.78 is 10.8. The van der Waals surface area contributed by atoms with E-state index in [1.165, 1.54) is 0 Å². The first-order valence-corrected chi connectivity index (χ1v) is 5.28. The first-order valence-electron chi connectivity index (χ1n) is 5.28. The molecule has 1 saturated heterocycles. The third kappa shape index (κ3) is 1.46. The molecule has 0 radical (unpaired) electrons. The summed E-state index contributed by atoms with van der Waals surface area (Å²) in [7, 11) is 0. The Labute approximate surface area is 84.1 Å². The van der Waals surface area contributed by atoms with Crippen molar-refractivity contribution in [2.45, 2.75) is 38.2 Å². The molecule has 3 heteroatoms. The van der Waals surface area contributed by atoms with Gasteiger partial charge in [0.15, 0.2) is 5.78 Å². The van der Waals surface area contributed by atoms with Crippen molar-refractivity contribution in [2.75, 3.05) is 13.2 Å². The first kappa shape index (κ1) is 9.71. The van der Waals surface area contributed by atoms with Gasteiger partial charge in [-0.05, 0) is 32.6 Å². The molecule has 2 fully saturated rings. The number of rotatable bonds is 2. The SMILES string of the molecule is CCO/C=C1\COC2(CCCC2)C1=O. The maximum Gasteiger partial charge on any atom is 0.196 e. The minimum absolute atomic E-state index is 0.156. The van der Waals surface area contributed by atoms with E-state index in [1.54, 1.807) is 6.26 Å². The largest absolute Gasteiger partial charge is 0.501 e. The zero-order chi connectivity index (χ0) is 10.0. The van der Waals surface area contributed by atoms with Crippen LogP contribution in [0.5, 0.6) is 0 Å². The molecule has 0 unspecified atom stereocenters. The van der Waals surface area contributed by atoms with E-state index in [0.717, 1.165) is 25.7 Å². The van der Waals surface area contributed by atoms with Gasteiger partial charge in [-0.25, -0.2) is 0 Å². The zero-order valence-electron chi connectivity index (χ0n) is 8.54. The van der Waals surface area contributed by atoms with Crippen molar-refractivity contribution >= 4 is 5.78 Å². The van der Waals surface area contributed by atoms with Crippen LogP contribution in [0, 0.1) is 0 Å². The standard InChI is InChI=1S/C11H16O3/c1-2-13-7-9-8-14-11(10(9)12)5-3-4-6-11/h7H,2-6,8H2,1H3/b9-7+. The Kier molecular flexibility index (Phi) is 2.59. The molecule has 0 atom stereocenters. The highest BCUT2D eigenvalue weighted by Crippen LogP contribution is 2.40. The van der Waals surface area contributed by atoms with Gasteiger partial charge < -0.3 is 9.47 Å². The van der Waals surface area contributed by atoms with E-state index in [4.69, 9.17) is 9.47 Å². The Morgan fingerprint density at radius 2 is 2.21 bits per heavy atom. The molecule has 0 aromatic carbocycles. The second-order valence-corrected chi connectivity index (χ2v) is 3.92. The minimum Gasteiger partial charge on any atom is -0.501 e. The molecule has 1 aliphatic carbocycles. The summed E-state index contributed by atoms with van der Waals surface area (Å²) in [4.78, 5) is 12.0. The van der Waals surface area contributed by atoms with Crippen LogP contribution in [0.1, 0.15) is 32.6 Å². The van der Waals surface area contributed by atoms with Crippen LogP contribution >= 0.6 is 0 Å². The summed E-state index contributed by atoms with van der Waals surface area (Å²) >= 11 is 0. The van der Waals surface area contributed by atoms with Crippen molar-refractivity contribution in [2.24, 2.45) is 0 Å². The van der Waals surface area contributed by atoms with Crippen LogP contribution in [-0.4, -0.2) is 24.6 Å². The molecule has 2 aliphatic rings. The Morgan fingerprint density at radius 3 is 2.86 bits per heavy atom. The molecule has 0 aromatic rings. The number of hydrogen-bond acceptors (Lipinski definition) is 3. The third-order valence-corrected chi connectivity index (χ3v) is 3.01. The molecule has 0 N–H and O–H groups in total. The second kappa shape index (κ2) is 3.73. The molecule has 1 heterocycles. The normalized spacial score (nSPS) is 27.8. The zero-order valence-corrected chi connectivity index (χ0v) is 8.54. The molecule has 14 heavy (non-hydrogen) atoms. The number of carbonyl (C=O) groups excluding carboxylic acids is 1. The van der Waals surface area contributed by atoms with E-state index in [0.29, 0.717) is 18.8 Å². The molecule has 1 spiro atoms. The lowest BCUT2D eigenvalue weighted by Gasteiger charge is -2.18. The van der Waals surface area contributed by atoms with Gasteiger partial charge in [-0.15, -0.1) is 0 Å². The molecular weight excluding hydrogens is 180 g/mol. The average Bonchev–Trinajstić information content (AvgIpc) is 2.77. The van der Waals surface area contributed by atoms with E-state index < -0.39 is 5.60 Å². The summed E-state index contributed by atoms with van der Waals surface area (Å²) in [5.74, 6) is 0.156. The van der Waals surface area contributed by atoms with E-state index in [2.05, 4.69) is 0 Å². The number of ketones is 1. The van der Waals surface area contributed by atoms with Crippen LogP contribution < -0.4 is 0 Å². The summed E-state index contributed by atoms with van der Waals surface area (Å²) in [5.41, 5.74) is 0.233. The van der Waals surface area contributed by atoms with Gasteiger partial charge in [-0.2, -0.15) is 0 Å². The van der Waals surface area contributed by atoms with Crippen LogP contribution in [-0.2, 0) is 14.3 Å². The molecule has 1 saturated carbocycles. The smallest absolute Gasteiger partial charge is 0.196 e. The van der Waals surface area contributed by atoms with Gasteiger partial charge >= 0.3 is 0 Å². The second-order valence-electron chi connectivity index (χ2n) is 3.92. The molecule has 0 amide bonds. The lowest BCUT2D eigenvalue weighted by Crippen LogP contribution is -2.32. The van der Waals surface area contributed by atoms with Crippen LogP contribution in [0.4, 0.5) is 0 Å². The average molecular weight is 196 g/mol. The lowest BCUT2D eigenvalue weighted by molar-refractivity contribution is -0.129. The van der Waals surface area contributed by atoms with Crippen molar-refractivity contribution in [3.05, 3.63) is 11.8 Å². The first-order chi connectivity index (χ1) is 6.78. The molecule has 0 bridgehead atoms. The number of ether oxygens (including phenoxy) is 2. The summed E-state index contributed by atoms with van der Waals surface area (Å²) in [6.45, 7) is 2.94. The van der Waals surface area contributed by atoms with E-state index >= 15 is 0 Å². The maximum absolute atomic E-state index is 12.0. The third-order valence-electron chi connectivity index (χ3n) is 3.01. The predicted octanol–water partition coefficient (Wildman–Crippen LogP) is 1.82. The number of hydrogen-bond donors (Lipinski definition) is 0. The maximum atomic E-state index is 12.0. The molecule has 2 rings (SSSR count). The van der Waals surface area contributed by atoms with Crippen molar-refractivity contribution in [1.82, 2.24) is 0 Å². The number of carbonyl (C=O) groups is 1. The predicted molar refractivity (Wildman–Crippen MR) is 51.9 cm³/mol.